The molecule has 3 rings (SSSR count). The molecule has 0 aliphatic heterocycles. The van der Waals surface area contributed by atoms with Crippen LogP contribution in [0.25, 0.3) is 0 Å². The van der Waals surface area contributed by atoms with Gasteiger partial charge in [-0.3, -0.25) is 13.9 Å². The van der Waals surface area contributed by atoms with Crippen LogP contribution < -0.4 is 9.62 Å². The molecular formula is C26H34BrN3O4S. The molecule has 0 spiro atoms. The quantitative estimate of drug-likeness (QED) is 0.492. The zero-order chi connectivity index (χ0) is 25.8. The maximum atomic E-state index is 13.7. The predicted molar refractivity (Wildman–Crippen MR) is 143 cm³/mol. The smallest absolute Gasteiger partial charge is 0.244 e. The van der Waals surface area contributed by atoms with Crippen molar-refractivity contribution in [3.8, 4) is 0 Å². The summed E-state index contributed by atoms with van der Waals surface area (Å²) in [6.07, 6.45) is 5.14. The van der Waals surface area contributed by atoms with Gasteiger partial charge in [-0.05, 0) is 62.4 Å². The largest absolute Gasteiger partial charge is 0.352 e. The molecule has 2 aromatic rings. The lowest BCUT2D eigenvalue weighted by atomic mass is 10.1. The van der Waals surface area contributed by atoms with Crippen LogP contribution in [-0.2, 0) is 26.2 Å². The molecule has 0 saturated heterocycles. The molecule has 1 atom stereocenters. The number of benzene rings is 2. The van der Waals surface area contributed by atoms with Gasteiger partial charge in [-0.1, -0.05) is 59.1 Å². The Morgan fingerprint density at radius 3 is 2.17 bits per heavy atom. The summed E-state index contributed by atoms with van der Waals surface area (Å²) < 4.78 is 27.6. The van der Waals surface area contributed by atoms with E-state index in [-0.39, 0.29) is 25.0 Å². The molecule has 0 unspecified atom stereocenters. The van der Waals surface area contributed by atoms with Crippen molar-refractivity contribution in [1.29, 1.82) is 0 Å². The number of para-hydroxylation sites is 1. The third-order valence-corrected chi connectivity index (χ3v) is 8.14. The second kappa shape index (κ2) is 11.6. The summed E-state index contributed by atoms with van der Waals surface area (Å²) >= 11 is 3.42. The standard InChI is InChI=1S/C26H34BrN3O4S/c1-18-8-7-9-19(2)25(18)30(35(4,33)34)17-24(31)29(16-21-12-14-22(27)15-13-21)20(3)26(32)28-23-10-5-6-11-23/h7-9,12-15,20,23H,5-6,10-11,16-17H2,1-4H3,(H,28,32)/t20-/m1/s1. The van der Waals surface area contributed by atoms with E-state index < -0.39 is 22.0 Å². The number of nitrogens with one attached hydrogen (secondary N) is 1. The number of aryl methyl sites for hydroxylation is 2. The fourth-order valence-corrected chi connectivity index (χ4v) is 5.76. The van der Waals surface area contributed by atoms with Crippen LogP contribution in [-0.4, -0.2) is 50.0 Å². The van der Waals surface area contributed by atoms with E-state index in [1.165, 1.54) is 4.90 Å². The summed E-state index contributed by atoms with van der Waals surface area (Å²) in [7, 11) is -3.76. The fourth-order valence-electron chi connectivity index (χ4n) is 4.54. The number of halogens is 1. The molecule has 1 N–H and O–H groups in total. The molecule has 35 heavy (non-hydrogen) atoms. The van der Waals surface area contributed by atoms with Gasteiger partial charge >= 0.3 is 0 Å². The van der Waals surface area contributed by atoms with E-state index in [9.17, 15) is 18.0 Å². The van der Waals surface area contributed by atoms with Crippen LogP contribution >= 0.6 is 15.9 Å². The Hall–Kier alpha value is -2.39. The first-order valence-electron chi connectivity index (χ1n) is 11.9. The lowest BCUT2D eigenvalue weighted by Gasteiger charge is -2.33. The average molecular weight is 565 g/mol. The summed E-state index contributed by atoms with van der Waals surface area (Å²) in [5, 5.41) is 3.07. The molecule has 1 saturated carbocycles. The van der Waals surface area contributed by atoms with Gasteiger partial charge in [0.25, 0.3) is 0 Å². The highest BCUT2D eigenvalue weighted by atomic mass is 79.9. The molecule has 9 heteroatoms. The molecule has 0 aromatic heterocycles. The van der Waals surface area contributed by atoms with E-state index in [0.717, 1.165) is 57.4 Å². The van der Waals surface area contributed by atoms with Gasteiger partial charge in [0.1, 0.15) is 12.6 Å². The van der Waals surface area contributed by atoms with Crippen molar-refractivity contribution >= 4 is 43.5 Å². The van der Waals surface area contributed by atoms with Gasteiger partial charge in [-0.2, -0.15) is 0 Å². The molecule has 2 aromatic carbocycles. The number of hydrogen-bond acceptors (Lipinski definition) is 4. The Balaban J connectivity index is 1.91. The maximum absolute atomic E-state index is 13.7. The van der Waals surface area contributed by atoms with E-state index >= 15 is 0 Å². The molecule has 1 aliphatic rings. The minimum absolute atomic E-state index is 0.122. The minimum Gasteiger partial charge on any atom is -0.352 e. The zero-order valence-corrected chi connectivity index (χ0v) is 23.2. The average Bonchev–Trinajstić information content (AvgIpc) is 3.29. The van der Waals surface area contributed by atoms with Crippen molar-refractivity contribution in [3.05, 3.63) is 63.6 Å². The van der Waals surface area contributed by atoms with Gasteiger partial charge in [-0.25, -0.2) is 8.42 Å². The number of hydrogen-bond donors (Lipinski definition) is 1. The Morgan fingerprint density at radius 2 is 1.63 bits per heavy atom. The number of amides is 2. The molecule has 7 nitrogen and oxygen atoms in total. The summed E-state index contributed by atoms with van der Waals surface area (Å²) in [5.41, 5.74) is 2.86. The number of rotatable bonds is 9. The molecule has 0 bridgehead atoms. The molecule has 190 valence electrons. The van der Waals surface area contributed by atoms with Gasteiger partial charge in [0.15, 0.2) is 0 Å². The Labute approximate surface area is 217 Å². The second-order valence-electron chi connectivity index (χ2n) is 9.32. The first-order chi connectivity index (χ1) is 16.5. The summed E-state index contributed by atoms with van der Waals surface area (Å²) in [5.74, 6) is -0.657. The first kappa shape index (κ1) is 27.2. The highest BCUT2D eigenvalue weighted by Crippen LogP contribution is 2.27. The number of anilines is 1. The third-order valence-electron chi connectivity index (χ3n) is 6.50. The van der Waals surface area contributed by atoms with Gasteiger partial charge in [-0.15, -0.1) is 0 Å². The normalized spacial score (nSPS) is 15.0. The van der Waals surface area contributed by atoms with E-state index in [1.54, 1.807) is 6.92 Å². The van der Waals surface area contributed by atoms with Gasteiger partial charge < -0.3 is 10.2 Å². The van der Waals surface area contributed by atoms with Crippen LogP contribution in [0.3, 0.4) is 0 Å². The molecule has 0 heterocycles. The maximum Gasteiger partial charge on any atom is 0.244 e. The van der Waals surface area contributed by atoms with Crippen LogP contribution in [0.15, 0.2) is 46.9 Å². The number of carbonyl (C=O) groups excluding carboxylic acids is 2. The van der Waals surface area contributed by atoms with E-state index in [4.69, 9.17) is 0 Å². The van der Waals surface area contributed by atoms with Crippen molar-refractivity contribution in [1.82, 2.24) is 10.2 Å². The van der Waals surface area contributed by atoms with Crippen LogP contribution in [0.4, 0.5) is 5.69 Å². The lowest BCUT2D eigenvalue weighted by molar-refractivity contribution is -0.139. The molecule has 1 fully saturated rings. The van der Waals surface area contributed by atoms with Crippen LogP contribution in [0.5, 0.6) is 0 Å². The van der Waals surface area contributed by atoms with Crippen molar-refractivity contribution < 1.29 is 18.0 Å². The minimum atomic E-state index is -3.76. The van der Waals surface area contributed by atoms with Crippen LogP contribution in [0, 0.1) is 13.8 Å². The summed E-state index contributed by atoms with van der Waals surface area (Å²) in [6.45, 7) is 5.15. The van der Waals surface area contributed by atoms with E-state index in [2.05, 4.69) is 21.2 Å². The molecule has 1 aliphatic carbocycles. The predicted octanol–water partition coefficient (Wildman–Crippen LogP) is 4.31. The fraction of sp³-hybridized carbons (Fsp3) is 0.462. The highest BCUT2D eigenvalue weighted by molar-refractivity contribution is 9.10. The summed E-state index contributed by atoms with van der Waals surface area (Å²) in [4.78, 5) is 28.3. The molecule has 2 amide bonds. The Kier molecular flexibility index (Phi) is 8.99. The Bertz CT molecular complexity index is 1140. The monoisotopic (exact) mass is 563 g/mol. The second-order valence-corrected chi connectivity index (χ2v) is 12.1. The van der Waals surface area contributed by atoms with Crippen molar-refractivity contribution in [3.63, 3.8) is 0 Å². The topological polar surface area (TPSA) is 86.8 Å². The third kappa shape index (κ3) is 7.07. The van der Waals surface area contributed by atoms with Crippen molar-refractivity contribution in [2.24, 2.45) is 0 Å². The van der Waals surface area contributed by atoms with E-state index in [0.29, 0.717) is 5.69 Å². The first-order valence-corrected chi connectivity index (χ1v) is 14.5. The van der Waals surface area contributed by atoms with Gasteiger partial charge in [0.05, 0.1) is 11.9 Å². The van der Waals surface area contributed by atoms with Crippen LogP contribution in [0.1, 0.15) is 49.3 Å². The summed E-state index contributed by atoms with van der Waals surface area (Å²) in [6, 6.07) is 12.4. The van der Waals surface area contributed by atoms with Gasteiger partial charge in [0, 0.05) is 17.1 Å². The number of nitrogens with zero attached hydrogens (tertiary/aromatic N) is 2. The van der Waals surface area contributed by atoms with Crippen molar-refractivity contribution in [2.45, 2.75) is 65.1 Å². The zero-order valence-electron chi connectivity index (χ0n) is 20.8. The van der Waals surface area contributed by atoms with Crippen molar-refractivity contribution in [2.75, 3.05) is 17.1 Å². The number of sulfonamides is 1. The van der Waals surface area contributed by atoms with Crippen LogP contribution in [0.2, 0.25) is 0 Å². The number of carbonyl (C=O) groups is 2. The molecular weight excluding hydrogens is 530 g/mol. The van der Waals surface area contributed by atoms with E-state index in [1.807, 2.05) is 56.3 Å². The molecule has 0 radical (unpaired) electrons. The van der Waals surface area contributed by atoms with Gasteiger partial charge in [0.2, 0.25) is 21.8 Å². The lowest BCUT2D eigenvalue weighted by Crippen LogP contribution is -2.52. The SMILES string of the molecule is Cc1cccc(C)c1N(CC(=O)N(Cc1ccc(Br)cc1)[C@H](C)C(=O)NC1CCCC1)S(C)(=O)=O. The Morgan fingerprint density at radius 1 is 1.06 bits per heavy atom. The highest BCUT2D eigenvalue weighted by Gasteiger charge is 2.32.